The van der Waals surface area contributed by atoms with Crippen LogP contribution in [0.15, 0.2) is 42.5 Å². The SMILES string of the molecule is O=[As](O)(CC(O)COc1ccc(Cl)cc1Cl)c1ccccc1Cl. The van der Waals surface area contributed by atoms with E-state index >= 15 is 0 Å². The molecule has 8 heteroatoms. The first-order valence-corrected chi connectivity index (χ1v) is 11.6. The van der Waals surface area contributed by atoms with E-state index in [9.17, 15) is 12.9 Å². The molecule has 0 amide bonds. The van der Waals surface area contributed by atoms with E-state index in [0.29, 0.717) is 15.8 Å². The Morgan fingerprint density at radius 3 is 2.43 bits per heavy atom. The first-order valence-electron chi connectivity index (χ1n) is 6.62. The molecule has 0 aliphatic rings. The van der Waals surface area contributed by atoms with Crippen LogP contribution in [0.25, 0.3) is 0 Å². The third-order valence-electron chi connectivity index (χ3n) is 3.01. The Balaban J connectivity index is 2.00. The zero-order chi connectivity index (χ0) is 17.0. The minimum absolute atomic E-state index is 0.169. The Morgan fingerprint density at radius 2 is 1.78 bits per heavy atom. The molecule has 0 aromatic heterocycles. The van der Waals surface area contributed by atoms with Crippen LogP contribution >= 0.6 is 34.8 Å². The van der Waals surface area contributed by atoms with Gasteiger partial charge in [0.25, 0.3) is 0 Å². The Hall–Kier alpha value is -0.612. The predicted octanol–water partition coefficient (Wildman–Crippen LogP) is 3.16. The molecule has 0 spiro atoms. The van der Waals surface area contributed by atoms with Gasteiger partial charge in [0.1, 0.15) is 0 Å². The summed E-state index contributed by atoms with van der Waals surface area (Å²) in [4.78, 5) is 0. The van der Waals surface area contributed by atoms with Crippen molar-refractivity contribution in [2.45, 2.75) is 11.3 Å². The van der Waals surface area contributed by atoms with Crippen molar-refractivity contribution in [1.29, 1.82) is 0 Å². The molecule has 2 aromatic carbocycles. The molecule has 0 heterocycles. The summed E-state index contributed by atoms with van der Waals surface area (Å²) >= 11 is 13.2. The Bertz CT molecular complexity index is 738. The molecule has 0 fully saturated rings. The van der Waals surface area contributed by atoms with Crippen molar-refractivity contribution in [1.82, 2.24) is 0 Å². The number of aliphatic hydroxyl groups excluding tert-OH is 1. The monoisotopic (exact) mass is 438 g/mol. The summed E-state index contributed by atoms with van der Waals surface area (Å²) in [5, 5.41) is 10.7. The molecule has 124 valence electrons. The van der Waals surface area contributed by atoms with Crippen molar-refractivity contribution in [2.24, 2.45) is 0 Å². The van der Waals surface area contributed by atoms with E-state index in [4.69, 9.17) is 39.5 Å². The van der Waals surface area contributed by atoms with E-state index < -0.39 is 19.9 Å². The van der Waals surface area contributed by atoms with Gasteiger partial charge in [0.15, 0.2) is 0 Å². The van der Waals surface area contributed by atoms with Crippen molar-refractivity contribution >= 4 is 53.0 Å². The molecule has 4 nitrogen and oxygen atoms in total. The van der Waals surface area contributed by atoms with Gasteiger partial charge in [-0.25, -0.2) is 0 Å². The Morgan fingerprint density at radius 1 is 1.09 bits per heavy atom. The molecule has 0 radical (unpaired) electrons. The topological polar surface area (TPSA) is 66.8 Å². The predicted molar refractivity (Wildman–Crippen MR) is 92.5 cm³/mol. The molecule has 2 unspecified atom stereocenters. The number of rotatable bonds is 6. The van der Waals surface area contributed by atoms with E-state index in [1.54, 1.807) is 24.3 Å². The minimum atomic E-state index is -4.49. The molecule has 2 N–H and O–H groups in total. The van der Waals surface area contributed by atoms with Crippen LogP contribution in [-0.4, -0.2) is 35.7 Å². The van der Waals surface area contributed by atoms with Gasteiger partial charge in [-0.05, 0) is 0 Å². The molecular weight excluding hydrogens is 425 g/mol. The number of hydrogen-bond acceptors (Lipinski definition) is 3. The average molecular weight is 440 g/mol. The van der Waals surface area contributed by atoms with Gasteiger partial charge in [-0.2, -0.15) is 0 Å². The third kappa shape index (κ3) is 5.18. The fourth-order valence-corrected chi connectivity index (χ4v) is 6.59. The molecular formula is C15H14AsCl3O4. The maximum atomic E-state index is 12.4. The summed E-state index contributed by atoms with van der Waals surface area (Å²) in [7, 11) is 0. The maximum absolute atomic E-state index is 12.4. The van der Waals surface area contributed by atoms with Gasteiger partial charge in [0, 0.05) is 0 Å². The molecule has 23 heavy (non-hydrogen) atoms. The number of hydrogen-bond donors (Lipinski definition) is 2. The van der Waals surface area contributed by atoms with Crippen LogP contribution in [0, 0.1) is 0 Å². The molecule has 0 saturated carbocycles. The van der Waals surface area contributed by atoms with Gasteiger partial charge in [-0.3, -0.25) is 0 Å². The quantitative estimate of drug-likeness (QED) is 0.679. The zero-order valence-electron chi connectivity index (χ0n) is 11.8. The van der Waals surface area contributed by atoms with Gasteiger partial charge in [0.2, 0.25) is 0 Å². The summed E-state index contributed by atoms with van der Waals surface area (Å²) in [6.07, 6.45) is -1.13. The second-order valence-electron chi connectivity index (χ2n) is 4.88. The Kier molecular flexibility index (Phi) is 6.49. The van der Waals surface area contributed by atoms with E-state index in [2.05, 4.69) is 0 Å². The number of halogens is 3. The van der Waals surface area contributed by atoms with Crippen molar-refractivity contribution < 1.29 is 17.7 Å². The summed E-state index contributed by atoms with van der Waals surface area (Å²) in [6, 6.07) is 11.0. The Labute approximate surface area is 151 Å². The molecule has 2 atom stereocenters. The van der Waals surface area contributed by atoms with E-state index in [1.165, 1.54) is 18.2 Å². The number of benzene rings is 2. The number of aliphatic hydroxyl groups is 1. The van der Waals surface area contributed by atoms with Gasteiger partial charge < -0.3 is 0 Å². The normalized spacial score (nSPS) is 15.0. The van der Waals surface area contributed by atoms with E-state index in [0.717, 1.165) is 0 Å². The van der Waals surface area contributed by atoms with Crippen molar-refractivity contribution in [3.63, 3.8) is 0 Å². The summed E-state index contributed by atoms with van der Waals surface area (Å²) in [5.74, 6) is 0.341. The van der Waals surface area contributed by atoms with E-state index in [1.807, 2.05) is 0 Å². The zero-order valence-corrected chi connectivity index (χ0v) is 16.0. The van der Waals surface area contributed by atoms with Gasteiger partial charge in [0.05, 0.1) is 0 Å². The fourth-order valence-electron chi connectivity index (χ4n) is 1.95. The summed E-state index contributed by atoms with van der Waals surface area (Å²) < 4.78 is 28.2. The first kappa shape index (κ1) is 18.7. The first-order chi connectivity index (χ1) is 10.8. The van der Waals surface area contributed by atoms with Crippen LogP contribution in [0.2, 0.25) is 20.3 Å². The van der Waals surface area contributed by atoms with Crippen LogP contribution in [0.3, 0.4) is 0 Å². The standard InChI is InChI=1S/C15H14AsCl3O4/c17-10-5-6-15(14(19)7-10)23-9-11(20)8-16(21,22)12-3-1-2-4-13(12)18/h1-7,11,20H,8-9H2,(H,21,22). The molecule has 0 aliphatic heterocycles. The van der Waals surface area contributed by atoms with Crippen LogP contribution in [0.4, 0.5) is 0 Å². The van der Waals surface area contributed by atoms with E-state index in [-0.39, 0.29) is 21.2 Å². The molecule has 0 aliphatic carbocycles. The van der Waals surface area contributed by atoms with Crippen molar-refractivity contribution in [3.05, 3.63) is 57.5 Å². The molecule has 0 bridgehead atoms. The molecule has 2 rings (SSSR count). The van der Waals surface area contributed by atoms with Crippen LogP contribution < -0.4 is 9.09 Å². The average Bonchev–Trinajstić information content (AvgIpc) is 2.46. The van der Waals surface area contributed by atoms with Crippen LogP contribution in [0.1, 0.15) is 0 Å². The van der Waals surface area contributed by atoms with Crippen molar-refractivity contribution in [2.75, 3.05) is 6.61 Å². The second kappa shape index (κ2) is 7.98. The molecule has 2 aromatic rings. The molecule has 0 saturated heterocycles. The van der Waals surface area contributed by atoms with Gasteiger partial charge in [-0.1, -0.05) is 0 Å². The fraction of sp³-hybridized carbons (Fsp3) is 0.200. The number of ether oxygens (including phenoxy) is 1. The third-order valence-corrected chi connectivity index (χ3v) is 8.48. The van der Waals surface area contributed by atoms with Crippen molar-refractivity contribution in [3.8, 4) is 5.75 Å². The summed E-state index contributed by atoms with van der Waals surface area (Å²) in [6.45, 7) is -0.169. The summed E-state index contributed by atoms with van der Waals surface area (Å²) in [5.41, 5.74) is 0. The van der Waals surface area contributed by atoms with Gasteiger partial charge in [-0.15, -0.1) is 0 Å². The van der Waals surface area contributed by atoms with Crippen LogP contribution in [0.5, 0.6) is 5.75 Å². The van der Waals surface area contributed by atoms with Gasteiger partial charge >= 0.3 is 152 Å². The van der Waals surface area contributed by atoms with Crippen LogP contribution in [-0.2, 0) is 3.74 Å². The second-order valence-corrected chi connectivity index (χ2v) is 10.8.